The molecule has 4 nitrogen and oxygen atoms in total. The number of nitrogens with zero attached hydrogens (tertiary/aromatic N) is 2. The third-order valence-corrected chi connectivity index (χ3v) is 3.44. The van der Waals surface area contributed by atoms with Gasteiger partial charge in [-0.3, -0.25) is 4.57 Å². The molecule has 0 saturated carbocycles. The largest absolute Gasteiger partial charge is 0.476 e. The minimum absolute atomic E-state index is 0.0398. The van der Waals surface area contributed by atoms with E-state index in [1.165, 1.54) is 0 Å². The molecular formula is C18H16N2O2. The van der Waals surface area contributed by atoms with Crippen LogP contribution in [0.25, 0.3) is 17.1 Å². The van der Waals surface area contributed by atoms with Crippen LogP contribution in [-0.2, 0) is 0 Å². The van der Waals surface area contributed by atoms with Gasteiger partial charge < -0.3 is 5.11 Å². The number of rotatable bonds is 3. The van der Waals surface area contributed by atoms with Crippen LogP contribution in [0.2, 0.25) is 0 Å². The SMILES string of the molecule is Cc1cc(C)cc(-n2cc(C(=O)O)nc2-c2ccccc2)c1. The normalized spacial score (nSPS) is 10.6. The number of benzene rings is 2. The fourth-order valence-corrected chi connectivity index (χ4v) is 2.56. The molecule has 4 heteroatoms. The summed E-state index contributed by atoms with van der Waals surface area (Å²) in [4.78, 5) is 15.6. The molecule has 0 aliphatic carbocycles. The maximum Gasteiger partial charge on any atom is 0.356 e. The average Bonchev–Trinajstić information content (AvgIpc) is 2.92. The second kappa shape index (κ2) is 5.48. The summed E-state index contributed by atoms with van der Waals surface area (Å²) in [5.74, 6) is -0.400. The molecule has 0 spiro atoms. The van der Waals surface area contributed by atoms with Crippen molar-refractivity contribution in [3.05, 3.63) is 71.5 Å². The zero-order valence-corrected chi connectivity index (χ0v) is 12.4. The lowest BCUT2D eigenvalue weighted by atomic mass is 10.1. The molecule has 1 heterocycles. The second-order valence-electron chi connectivity index (χ2n) is 5.34. The molecule has 110 valence electrons. The van der Waals surface area contributed by atoms with E-state index in [0.717, 1.165) is 22.4 Å². The highest BCUT2D eigenvalue weighted by Gasteiger charge is 2.16. The van der Waals surface area contributed by atoms with Gasteiger partial charge in [0.1, 0.15) is 5.82 Å². The zero-order chi connectivity index (χ0) is 15.7. The van der Waals surface area contributed by atoms with Crippen LogP contribution >= 0.6 is 0 Å². The van der Waals surface area contributed by atoms with Crippen molar-refractivity contribution in [2.24, 2.45) is 0 Å². The lowest BCUT2D eigenvalue weighted by Gasteiger charge is -2.10. The van der Waals surface area contributed by atoms with Gasteiger partial charge in [0.25, 0.3) is 0 Å². The highest BCUT2D eigenvalue weighted by molar-refractivity contribution is 5.86. The van der Waals surface area contributed by atoms with Gasteiger partial charge in [-0.1, -0.05) is 36.4 Å². The third-order valence-electron chi connectivity index (χ3n) is 3.44. The Hall–Kier alpha value is -2.88. The van der Waals surface area contributed by atoms with Gasteiger partial charge in [0.2, 0.25) is 0 Å². The van der Waals surface area contributed by atoms with Crippen molar-refractivity contribution in [3.8, 4) is 17.1 Å². The molecule has 1 N–H and O–H groups in total. The maximum absolute atomic E-state index is 11.3. The molecular weight excluding hydrogens is 276 g/mol. The predicted octanol–water partition coefficient (Wildman–Crippen LogP) is 3.85. The number of aromatic nitrogens is 2. The van der Waals surface area contributed by atoms with Gasteiger partial charge in [-0.25, -0.2) is 9.78 Å². The van der Waals surface area contributed by atoms with Crippen molar-refractivity contribution >= 4 is 5.97 Å². The highest BCUT2D eigenvalue weighted by atomic mass is 16.4. The van der Waals surface area contributed by atoms with Crippen LogP contribution in [0.4, 0.5) is 0 Å². The van der Waals surface area contributed by atoms with Crippen molar-refractivity contribution < 1.29 is 9.90 Å². The minimum Gasteiger partial charge on any atom is -0.476 e. The molecule has 3 aromatic rings. The topological polar surface area (TPSA) is 55.1 Å². The molecule has 0 bridgehead atoms. The number of imidazole rings is 1. The van der Waals surface area contributed by atoms with Crippen molar-refractivity contribution in [1.29, 1.82) is 0 Å². The summed E-state index contributed by atoms with van der Waals surface area (Å²) in [6.45, 7) is 4.04. The number of hydrogen-bond donors (Lipinski definition) is 1. The second-order valence-corrected chi connectivity index (χ2v) is 5.34. The van der Waals surface area contributed by atoms with E-state index in [0.29, 0.717) is 5.82 Å². The van der Waals surface area contributed by atoms with Crippen LogP contribution in [0.1, 0.15) is 21.6 Å². The zero-order valence-electron chi connectivity index (χ0n) is 12.4. The highest BCUT2D eigenvalue weighted by Crippen LogP contribution is 2.24. The van der Waals surface area contributed by atoms with Gasteiger partial charge in [0.05, 0.1) is 0 Å². The molecule has 0 aliphatic rings. The number of aromatic carboxylic acids is 1. The Morgan fingerprint density at radius 2 is 1.68 bits per heavy atom. The van der Waals surface area contributed by atoms with Crippen LogP contribution in [0.3, 0.4) is 0 Å². The molecule has 1 aromatic heterocycles. The standard InChI is InChI=1S/C18H16N2O2/c1-12-8-13(2)10-15(9-12)20-11-16(18(21)22)19-17(20)14-6-4-3-5-7-14/h3-11H,1-2H3,(H,21,22). The number of hydrogen-bond acceptors (Lipinski definition) is 2. The van der Waals surface area contributed by atoms with Gasteiger partial charge in [-0.2, -0.15) is 0 Å². The first kappa shape index (κ1) is 14.1. The molecule has 0 fully saturated rings. The van der Waals surface area contributed by atoms with E-state index >= 15 is 0 Å². The summed E-state index contributed by atoms with van der Waals surface area (Å²) in [6, 6.07) is 15.7. The molecule has 0 atom stereocenters. The van der Waals surface area contributed by atoms with E-state index in [9.17, 15) is 9.90 Å². The first-order valence-corrected chi connectivity index (χ1v) is 7.01. The first-order valence-electron chi connectivity index (χ1n) is 7.01. The summed E-state index contributed by atoms with van der Waals surface area (Å²) in [7, 11) is 0. The molecule has 22 heavy (non-hydrogen) atoms. The van der Waals surface area contributed by atoms with Gasteiger partial charge >= 0.3 is 5.97 Å². The van der Waals surface area contributed by atoms with Crippen LogP contribution in [0.5, 0.6) is 0 Å². The molecule has 0 saturated heterocycles. The van der Waals surface area contributed by atoms with Crippen LogP contribution in [0.15, 0.2) is 54.7 Å². The Morgan fingerprint density at radius 1 is 1.05 bits per heavy atom. The van der Waals surface area contributed by atoms with Gasteiger partial charge in [0, 0.05) is 17.4 Å². The Kier molecular flexibility index (Phi) is 3.51. The van der Waals surface area contributed by atoms with Gasteiger partial charge in [0.15, 0.2) is 5.69 Å². The molecule has 0 radical (unpaired) electrons. The Bertz CT molecular complexity index is 815. The van der Waals surface area contributed by atoms with E-state index in [1.807, 2.05) is 60.9 Å². The molecule has 0 amide bonds. The fourth-order valence-electron chi connectivity index (χ4n) is 2.56. The lowest BCUT2D eigenvalue weighted by Crippen LogP contribution is -1.97. The van der Waals surface area contributed by atoms with Crippen molar-refractivity contribution in [3.63, 3.8) is 0 Å². The van der Waals surface area contributed by atoms with Gasteiger partial charge in [-0.05, 0) is 37.1 Å². The maximum atomic E-state index is 11.3. The monoisotopic (exact) mass is 292 g/mol. The number of carbonyl (C=O) groups is 1. The molecule has 2 aromatic carbocycles. The van der Waals surface area contributed by atoms with Crippen LogP contribution in [-0.4, -0.2) is 20.6 Å². The summed E-state index contributed by atoms with van der Waals surface area (Å²) in [5.41, 5.74) is 4.09. The van der Waals surface area contributed by atoms with E-state index in [4.69, 9.17) is 0 Å². The van der Waals surface area contributed by atoms with Gasteiger partial charge in [-0.15, -0.1) is 0 Å². The van der Waals surface area contributed by atoms with E-state index in [1.54, 1.807) is 6.20 Å². The average molecular weight is 292 g/mol. The smallest absolute Gasteiger partial charge is 0.356 e. The van der Waals surface area contributed by atoms with Crippen LogP contribution < -0.4 is 0 Å². The molecule has 3 rings (SSSR count). The van der Waals surface area contributed by atoms with E-state index < -0.39 is 5.97 Å². The summed E-state index contributed by atoms with van der Waals surface area (Å²) < 4.78 is 1.83. The first-order chi connectivity index (χ1) is 10.5. The quantitative estimate of drug-likeness (QED) is 0.797. The van der Waals surface area contributed by atoms with Crippen LogP contribution in [0, 0.1) is 13.8 Å². The summed E-state index contributed by atoms with van der Waals surface area (Å²) in [6.07, 6.45) is 1.57. The number of carboxylic acid groups (broad SMARTS) is 1. The lowest BCUT2D eigenvalue weighted by molar-refractivity contribution is 0.0691. The summed E-state index contributed by atoms with van der Waals surface area (Å²) in [5, 5.41) is 9.25. The van der Waals surface area contributed by atoms with E-state index in [-0.39, 0.29) is 5.69 Å². The van der Waals surface area contributed by atoms with Crippen molar-refractivity contribution in [2.45, 2.75) is 13.8 Å². The number of carboxylic acids is 1. The van der Waals surface area contributed by atoms with E-state index in [2.05, 4.69) is 11.1 Å². The Balaban J connectivity index is 2.23. The predicted molar refractivity (Wildman–Crippen MR) is 85.4 cm³/mol. The van der Waals surface area contributed by atoms with Crippen molar-refractivity contribution in [2.75, 3.05) is 0 Å². The molecule has 0 aliphatic heterocycles. The minimum atomic E-state index is -1.03. The molecule has 0 unspecified atom stereocenters. The third kappa shape index (κ3) is 2.63. The Labute approximate surface area is 128 Å². The fraction of sp³-hybridized carbons (Fsp3) is 0.111. The van der Waals surface area contributed by atoms with Crippen molar-refractivity contribution in [1.82, 2.24) is 9.55 Å². The number of aryl methyl sites for hydroxylation is 2. The summed E-state index contributed by atoms with van der Waals surface area (Å²) >= 11 is 0. The Morgan fingerprint density at radius 3 is 2.27 bits per heavy atom.